The van der Waals surface area contributed by atoms with Crippen molar-refractivity contribution in [2.75, 3.05) is 39.9 Å². The van der Waals surface area contributed by atoms with E-state index in [0.717, 1.165) is 43.6 Å². The topological polar surface area (TPSA) is 66.0 Å². The molecule has 150 valence electrons. The SMILES string of the molecule is CCCNC(=O)c1cccc(CN=C(NCC)N(C)CCOCC2CC2)c1. The maximum Gasteiger partial charge on any atom is 0.251 e. The van der Waals surface area contributed by atoms with Gasteiger partial charge in [-0.2, -0.15) is 0 Å². The molecule has 0 radical (unpaired) electrons. The molecule has 1 aliphatic carbocycles. The summed E-state index contributed by atoms with van der Waals surface area (Å²) in [5.41, 5.74) is 1.70. The summed E-state index contributed by atoms with van der Waals surface area (Å²) in [6.07, 6.45) is 3.56. The Morgan fingerprint density at radius 3 is 2.81 bits per heavy atom. The minimum Gasteiger partial charge on any atom is -0.379 e. The summed E-state index contributed by atoms with van der Waals surface area (Å²) in [6, 6.07) is 7.67. The van der Waals surface area contributed by atoms with Crippen LogP contribution in [0.5, 0.6) is 0 Å². The number of carbonyl (C=O) groups excluding carboxylic acids is 1. The lowest BCUT2D eigenvalue weighted by Crippen LogP contribution is -2.40. The maximum atomic E-state index is 12.1. The van der Waals surface area contributed by atoms with Crippen LogP contribution >= 0.6 is 0 Å². The molecule has 0 heterocycles. The number of aliphatic imine (C=N–C) groups is 1. The minimum atomic E-state index is -0.0282. The number of carbonyl (C=O) groups is 1. The molecular formula is C21H34N4O2. The highest BCUT2D eigenvalue weighted by molar-refractivity contribution is 5.94. The number of benzene rings is 1. The van der Waals surface area contributed by atoms with Crippen molar-refractivity contribution in [1.82, 2.24) is 15.5 Å². The van der Waals surface area contributed by atoms with E-state index < -0.39 is 0 Å². The molecule has 0 saturated heterocycles. The van der Waals surface area contributed by atoms with Gasteiger partial charge in [-0.3, -0.25) is 4.79 Å². The molecule has 0 bridgehead atoms. The Kier molecular flexibility index (Phi) is 9.11. The average Bonchev–Trinajstić information content (AvgIpc) is 3.51. The summed E-state index contributed by atoms with van der Waals surface area (Å²) < 4.78 is 5.72. The Bertz CT molecular complexity index is 614. The van der Waals surface area contributed by atoms with E-state index in [1.807, 2.05) is 38.2 Å². The smallest absolute Gasteiger partial charge is 0.251 e. The van der Waals surface area contributed by atoms with Crippen LogP contribution < -0.4 is 10.6 Å². The normalized spacial score (nSPS) is 14.1. The van der Waals surface area contributed by atoms with E-state index in [0.29, 0.717) is 25.3 Å². The zero-order valence-corrected chi connectivity index (χ0v) is 17.0. The lowest BCUT2D eigenvalue weighted by atomic mass is 10.1. The first-order chi connectivity index (χ1) is 13.1. The first-order valence-electron chi connectivity index (χ1n) is 10.1. The van der Waals surface area contributed by atoms with Crippen molar-refractivity contribution in [2.24, 2.45) is 10.9 Å². The van der Waals surface area contributed by atoms with Crippen molar-refractivity contribution in [3.05, 3.63) is 35.4 Å². The van der Waals surface area contributed by atoms with Crippen LogP contribution in [-0.4, -0.2) is 56.7 Å². The molecule has 6 nitrogen and oxygen atoms in total. The Balaban J connectivity index is 1.89. The van der Waals surface area contributed by atoms with Crippen molar-refractivity contribution in [3.8, 4) is 0 Å². The summed E-state index contributed by atoms with van der Waals surface area (Å²) in [5.74, 6) is 1.62. The lowest BCUT2D eigenvalue weighted by molar-refractivity contribution is 0.0953. The summed E-state index contributed by atoms with van der Waals surface area (Å²) >= 11 is 0. The predicted molar refractivity (Wildman–Crippen MR) is 110 cm³/mol. The Morgan fingerprint density at radius 2 is 2.11 bits per heavy atom. The minimum absolute atomic E-state index is 0.0282. The second kappa shape index (κ2) is 11.6. The van der Waals surface area contributed by atoms with Crippen LogP contribution in [0.2, 0.25) is 0 Å². The molecule has 0 unspecified atom stereocenters. The number of rotatable bonds is 11. The van der Waals surface area contributed by atoms with E-state index in [1.54, 1.807) is 0 Å². The van der Waals surface area contributed by atoms with Gasteiger partial charge in [-0.1, -0.05) is 19.1 Å². The average molecular weight is 375 g/mol. The molecule has 0 aliphatic heterocycles. The molecule has 2 rings (SSSR count). The first kappa shape index (κ1) is 21.2. The first-order valence-corrected chi connectivity index (χ1v) is 10.1. The second-order valence-electron chi connectivity index (χ2n) is 7.07. The van der Waals surface area contributed by atoms with E-state index in [4.69, 9.17) is 9.73 Å². The van der Waals surface area contributed by atoms with Crippen molar-refractivity contribution < 1.29 is 9.53 Å². The molecule has 1 amide bonds. The van der Waals surface area contributed by atoms with Crippen molar-refractivity contribution in [3.63, 3.8) is 0 Å². The quantitative estimate of drug-likeness (QED) is 0.355. The zero-order chi connectivity index (χ0) is 19.5. The number of amides is 1. The van der Waals surface area contributed by atoms with E-state index in [1.165, 1.54) is 12.8 Å². The standard InChI is InChI=1S/C21H34N4O2/c1-4-11-23-20(26)19-8-6-7-18(14-19)15-24-21(22-5-2)25(3)12-13-27-16-17-9-10-17/h6-8,14,17H,4-5,9-13,15-16H2,1-3H3,(H,22,24)(H,23,26). The van der Waals surface area contributed by atoms with E-state index in [2.05, 4.69) is 22.5 Å². The molecule has 0 aromatic heterocycles. The summed E-state index contributed by atoms with van der Waals surface area (Å²) in [4.78, 5) is 18.9. The Hall–Kier alpha value is -2.08. The predicted octanol–water partition coefficient (Wildman–Crippen LogP) is 2.65. The fourth-order valence-electron chi connectivity index (χ4n) is 2.63. The number of nitrogens with zero attached hydrogens (tertiary/aromatic N) is 2. The van der Waals surface area contributed by atoms with Gasteiger partial charge in [0.05, 0.1) is 13.2 Å². The highest BCUT2D eigenvalue weighted by atomic mass is 16.5. The zero-order valence-electron chi connectivity index (χ0n) is 17.0. The van der Waals surface area contributed by atoms with Crippen LogP contribution in [0.1, 0.15) is 49.0 Å². The number of guanidine groups is 1. The van der Waals surface area contributed by atoms with Crippen LogP contribution in [0.4, 0.5) is 0 Å². The molecule has 1 saturated carbocycles. The summed E-state index contributed by atoms with van der Waals surface area (Å²) in [7, 11) is 2.02. The maximum absolute atomic E-state index is 12.1. The molecule has 1 aromatic carbocycles. The van der Waals surface area contributed by atoms with Gasteiger partial charge in [-0.25, -0.2) is 4.99 Å². The molecular weight excluding hydrogens is 340 g/mol. The number of hydrogen-bond donors (Lipinski definition) is 2. The monoisotopic (exact) mass is 374 g/mol. The number of nitrogens with one attached hydrogen (secondary N) is 2. The second-order valence-corrected chi connectivity index (χ2v) is 7.07. The fraction of sp³-hybridized carbons (Fsp3) is 0.619. The third-order valence-electron chi connectivity index (χ3n) is 4.45. The van der Waals surface area contributed by atoms with Gasteiger partial charge in [0.25, 0.3) is 5.91 Å². The number of likely N-dealkylation sites (N-methyl/N-ethyl adjacent to an activating group) is 1. The molecule has 2 N–H and O–H groups in total. The Morgan fingerprint density at radius 1 is 1.30 bits per heavy atom. The molecule has 0 atom stereocenters. The molecule has 6 heteroatoms. The fourth-order valence-corrected chi connectivity index (χ4v) is 2.63. The van der Waals surface area contributed by atoms with Gasteiger partial charge in [0.1, 0.15) is 0 Å². The van der Waals surface area contributed by atoms with Gasteiger partial charge in [0.2, 0.25) is 0 Å². The number of hydrogen-bond acceptors (Lipinski definition) is 3. The third-order valence-corrected chi connectivity index (χ3v) is 4.45. The van der Waals surface area contributed by atoms with Gasteiger partial charge in [0, 0.05) is 38.9 Å². The van der Waals surface area contributed by atoms with Crippen LogP contribution in [-0.2, 0) is 11.3 Å². The van der Waals surface area contributed by atoms with Crippen LogP contribution in [0.3, 0.4) is 0 Å². The molecule has 1 aliphatic rings. The van der Waals surface area contributed by atoms with Crippen molar-refractivity contribution >= 4 is 11.9 Å². The van der Waals surface area contributed by atoms with Gasteiger partial charge >= 0.3 is 0 Å². The van der Waals surface area contributed by atoms with Gasteiger partial charge < -0.3 is 20.3 Å². The highest BCUT2D eigenvalue weighted by Gasteiger charge is 2.21. The van der Waals surface area contributed by atoms with Gasteiger partial charge in [-0.05, 0) is 49.8 Å². The van der Waals surface area contributed by atoms with Crippen LogP contribution in [0, 0.1) is 5.92 Å². The van der Waals surface area contributed by atoms with Crippen LogP contribution in [0.25, 0.3) is 0 Å². The largest absolute Gasteiger partial charge is 0.379 e. The Labute approximate surface area is 163 Å². The van der Waals surface area contributed by atoms with Gasteiger partial charge in [-0.15, -0.1) is 0 Å². The lowest BCUT2D eigenvalue weighted by Gasteiger charge is -2.22. The van der Waals surface area contributed by atoms with Gasteiger partial charge in [0.15, 0.2) is 5.96 Å². The summed E-state index contributed by atoms with van der Waals surface area (Å²) in [6.45, 7) is 8.54. The van der Waals surface area contributed by atoms with E-state index in [-0.39, 0.29) is 5.91 Å². The molecule has 1 aromatic rings. The van der Waals surface area contributed by atoms with E-state index >= 15 is 0 Å². The van der Waals surface area contributed by atoms with E-state index in [9.17, 15) is 4.79 Å². The highest BCUT2D eigenvalue weighted by Crippen LogP contribution is 2.28. The molecule has 1 fully saturated rings. The number of ether oxygens (including phenoxy) is 1. The van der Waals surface area contributed by atoms with Crippen molar-refractivity contribution in [1.29, 1.82) is 0 Å². The molecule has 27 heavy (non-hydrogen) atoms. The summed E-state index contributed by atoms with van der Waals surface area (Å²) in [5, 5.41) is 6.23. The third kappa shape index (κ3) is 7.99. The molecule has 0 spiro atoms. The van der Waals surface area contributed by atoms with Crippen LogP contribution in [0.15, 0.2) is 29.3 Å². The van der Waals surface area contributed by atoms with Crippen molar-refractivity contribution in [2.45, 2.75) is 39.7 Å².